The summed E-state index contributed by atoms with van der Waals surface area (Å²) in [5.41, 5.74) is -0.299. The van der Waals surface area contributed by atoms with Crippen molar-refractivity contribution in [2.24, 2.45) is 0 Å². The van der Waals surface area contributed by atoms with Crippen LogP contribution in [0.15, 0.2) is 52.3 Å². The second kappa shape index (κ2) is 6.90. The van der Waals surface area contributed by atoms with E-state index in [0.717, 1.165) is 8.47 Å². The highest BCUT2D eigenvalue weighted by molar-refractivity contribution is 14.1. The largest absolute Gasteiger partial charge is 0.465 e. The second-order valence-electron chi connectivity index (χ2n) is 3.98. The highest BCUT2D eigenvalue weighted by Gasteiger charge is 2.21. The third-order valence-electron chi connectivity index (χ3n) is 2.62. The van der Waals surface area contributed by atoms with Gasteiger partial charge in [-0.15, -0.1) is 0 Å². The number of halogens is 1. The van der Waals surface area contributed by atoms with E-state index in [0.29, 0.717) is 4.90 Å². The van der Waals surface area contributed by atoms with Crippen molar-refractivity contribution in [2.45, 2.75) is 9.79 Å². The topological polar surface area (TPSA) is 69.4 Å². The Hall–Kier alpha value is -1.61. The van der Waals surface area contributed by atoms with Crippen molar-refractivity contribution in [1.29, 1.82) is 0 Å². The molecule has 0 aliphatic carbocycles. The van der Waals surface area contributed by atoms with Crippen LogP contribution in [0.5, 0.6) is 0 Å². The molecule has 2 aromatic rings. The zero-order chi connectivity index (χ0) is 15.4. The van der Waals surface area contributed by atoms with Crippen LogP contribution in [0.3, 0.4) is 0 Å². The molecule has 2 aromatic carbocycles. The van der Waals surface area contributed by atoms with Crippen LogP contribution in [0.2, 0.25) is 0 Å². The van der Waals surface area contributed by atoms with Crippen LogP contribution >= 0.6 is 34.4 Å². The minimum absolute atomic E-state index is 0.0468. The van der Waals surface area contributed by atoms with Crippen molar-refractivity contribution in [3.63, 3.8) is 0 Å². The minimum Gasteiger partial charge on any atom is -0.465 e. The molecule has 0 atom stereocenters. The van der Waals surface area contributed by atoms with Gasteiger partial charge < -0.3 is 4.74 Å². The highest BCUT2D eigenvalue weighted by Crippen LogP contribution is 2.32. The third kappa shape index (κ3) is 3.94. The fourth-order valence-electron chi connectivity index (χ4n) is 1.65. The van der Waals surface area contributed by atoms with E-state index in [9.17, 15) is 14.9 Å². The molecular formula is C14H10INO4S. The first-order chi connectivity index (χ1) is 10.0. The summed E-state index contributed by atoms with van der Waals surface area (Å²) in [5, 5.41) is 11.1. The van der Waals surface area contributed by atoms with E-state index in [-0.39, 0.29) is 11.3 Å². The van der Waals surface area contributed by atoms with Gasteiger partial charge >= 0.3 is 5.97 Å². The molecule has 0 saturated heterocycles. The maximum atomic E-state index is 11.5. The summed E-state index contributed by atoms with van der Waals surface area (Å²) in [6.45, 7) is 0. The Morgan fingerprint density at radius 3 is 2.38 bits per heavy atom. The fraction of sp³-hybridized carbons (Fsp3) is 0.0714. The van der Waals surface area contributed by atoms with Crippen molar-refractivity contribution in [3.05, 3.63) is 61.7 Å². The zero-order valence-corrected chi connectivity index (χ0v) is 13.9. The van der Waals surface area contributed by atoms with Gasteiger partial charge in [0.15, 0.2) is 0 Å². The second-order valence-corrected chi connectivity index (χ2v) is 6.38. The maximum Gasteiger partial charge on any atom is 0.344 e. The van der Waals surface area contributed by atoms with Gasteiger partial charge in [0.1, 0.15) is 5.56 Å². The standard InChI is InChI=1S/C14H10INO4S/c1-20-14(17)12-7-6-11(8-13(12)16(18)19)21-10-4-2-9(15)3-5-10/h2-8H,1H3. The Kier molecular flexibility index (Phi) is 5.18. The van der Waals surface area contributed by atoms with Crippen LogP contribution < -0.4 is 0 Å². The third-order valence-corrected chi connectivity index (χ3v) is 4.34. The Balaban J connectivity index is 2.33. The molecule has 5 nitrogen and oxygen atoms in total. The minimum atomic E-state index is -0.715. The van der Waals surface area contributed by atoms with E-state index < -0.39 is 10.9 Å². The lowest BCUT2D eigenvalue weighted by Gasteiger charge is -2.05. The average Bonchev–Trinajstić information content (AvgIpc) is 2.48. The summed E-state index contributed by atoms with van der Waals surface area (Å²) in [7, 11) is 1.19. The monoisotopic (exact) mass is 415 g/mol. The number of carbonyl (C=O) groups excluding carboxylic acids is 1. The number of nitro benzene ring substituents is 1. The van der Waals surface area contributed by atoms with Gasteiger partial charge in [0.25, 0.3) is 5.69 Å². The van der Waals surface area contributed by atoms with Crippen LogP contribution in [0.1, 0.15) is 10.4 Å². The van der Waals surface area contributed by atoms with E-state index in [4.69, 9.17) is 0 Å². The van der Waals surface area contributed by atoms with E-state index >= 15 is 0 Å². The molecular weight excluding hydrogens is 405 g/mol. The quantitative estimate of drug-likeness (QED) is 0.325. The van der Waals surface area contributed by atoms with Gasteiger partial charge in [-0.25, -0.2) is 4.79 Å². The lowest BCUT2D eigenvalue weighted by molar-refractivity contribution is -0.385. The Morgan fingerprint density at radius 2 is 1.81 bits per heavy atom. The average molecular weight is 415 g/mol. The molecule has 0 fully saturated rings. The maximum absolute atomic E-state index is 11.5. The van der Waals surface area contributed by atoms with Crippen molar-refractivity contribution in [1.82, 2.24) is 0 Å². The number of rotatable bonds is 4. The zero-order valence-electron chi connectivity index (χ0n) is 10.9. The molecule has 0 spiro atoms. The number of nitro groups is 1. The molecule has 0 aliphatic rings. The highest BCUT2D eigenvalue weighted by atomic mass is 127. The summed E-state index contributed by atoms with van der Waals surface area (Å²) in [4.78, 5) is 23.7. The molecule has 2 rings (SSSR count). The molecule has 0 aromatic heterocycles. The van der Waals surface area contributed by atoms with Gasteiger partial charge in [-0.3, -0.25) is 10.1 Å². The van der Waals surface area contributed by atoms with Gasteiger partial charge in [-0.2, -0.15) is 0 Å². The number of ether oxygens (including phenoxy) is 1. The number of hydrogen-bond donors (Lipinski definition) is 0. The van der Waals surface area contributed by atoms with Gasteiger partial charge in [0.2, 0.25) is 0 Å². The van der Waals surface area contributed by atoms with E-state index in [2.05, 4.69) is 27.3 Å². The molecule has 0 aliphatic heterocycles. The lowest BCUT2D eigenvalue weighted by atomic mass is 10.2. The first kappa shape index (κ1) is 15.8. The predicted octanol–water partition coefficient (Wildman–Crippen LogP) is 4.14. The summed E-state index contributed by atoms with van der Waals surface area (Å²) < 4.78 is 5.66. The first-order valence-corrected chi connectivity index (χ1v) is 7.71. The summed E-state index contributed by atoms with van der Waals surface area (Å²) >= 11 is 3.60. The van der Waals surface area contributed by atoms with E-state index in [1.165, 1.54) is 31.0 Å². The van der Waals surface area contributed by atoms with Crippen molar-refractivity contribution < 1.29 is 14.5 Å². The number of benzene rings is 2. The van der Waals surface area contributed by atoms with Crippen LogP contribution in [0.4, 0.5) is 5.69 Å². The molecule has 108 valence electrons. The van der Waals surface area contributed by atoms with Gasteiger partial charge in [-0.05, 0) is 59.0 Å². The Morgan fingerprint density at radius 1 is 1.19 bits per heavy atom. The predicted molar refractivity (Wildman–Crippen MR) is 87.7 cm³/mol. The van der Waals surface area contributed by atoms with E-state index in [1.54, 1.807) is 6.07 Å². The number of methoxy groups -OCH3 is 1. The van der Waals surface area contributed by atoms with Crippen molar-refractivity contribution in [2.75, 3.05) is 7.11 Å². The van der Waals surface area contributed by atoms with Gasteiger partial charge in [0, 0.05) is 19.4 Å². The fourth-order valence-corrected chi connectivity index (χ4v) is 2.86. The first-order valence-electron chi connectivity index (χ1n) is 5.81. The summed E-state index contributed by atoms with van der Waals surface area (Å²) in [5.74, 6) is -0.715. The number of esters is 1. The molecule has 0 radical (unpaired) electrons. The molecule has 21 heavy (non-hydrogen) atoms. The Labute approximate surface area is 139 Å². The van der Waals surface area contributed by atoms with E-state index in [1.807, 2.05) is 24.3 Å². The summed E-state index contributed by atoms with van der Waals surface area (Å²) in [6, 6.07) is 12.3. The van der Waals surface area contributed by atoms with Crippen molar-refractivity contribution >= 4 is 46.0 Å². The van der Waals surface area contributed by atoms with Crippen LogP contribution in [0, 0.1) is 13.7 Å². The molecule has 0 bridgehead atoms. The molecule has 0 saturated carbocycles. The number of hydrogen-bond acceptors (Lipinski definition) is 5. The molecule has 0 amide bonds. The molecule has 0 unspecified atom stereocenters. The van der Waals surface area contributed by atoms with Crippen LogP contribution in [0.25, 0.3) is 0 Å². The molecule has 0 heterocycles. The van der Waals surface area contributed by atoms with Crippen molar-refractivity contribution in [3.8, 4) is 0 Å². The number of carbonyl (C=O) groups is 1. The molecule has 0 N–H and O–H groups in total. The van der Waals surface area contributed by atoms with Gasteiger partial charge in [0.05, 0.1) is 12.0 Å². The number of nitrogens with zero attached hydrogens (tertiary/aromatic N) is 1. The normalized spacial score (nSPS) is 10.2. The van der Waals surface area contributed by atoms with Crippen LogP contribution in [-0.2, 0) is 4.74 Å². The smallest absolute Gasteiger partial charge is 0.344 e. The SMILES string of the molecule is COC(=O)c1ccc(Sc2ccc(I)cc2)cc1[N+](=O)[O-]. The Bertz CT molecular complexity index is 688. The van der Waals surface area contributed by atoms with Crippen LogP contribution in [-0.4, -0.2) is 18.0 Å². The lowest BCUT2D eigenvalue weighted by Crippen LogP contribution is -2.05. The van der Waals surface area contributed by atoms with Gasteiger partial charge in [-0.1, -0.05) is 11.8 Å². The summed E-state index contributed by atoms with van der Waals surface area (Å²) in [6.07, 6.45) is 0. The molecule has 7 heteroatoms.